The summed E-state index contributed by atoms with van der Waals surface area (Å²) >= 11 is 0. The smallest absolute Gasteiger partial charge is 0.326 e. The number of carbonyl (C=O) groups is 2. The Balaban J connectivity index is 2.14. The van der Waals surface area contributed by atoms with Crippen LogP contribution in [0, 0.1) is 11.6 Å². The summed E-state index contributed by atoms with van der Waals surface area (Å²) in [5.74, 6) is -2.83. The predicted molar refractivity (Wildman–Crippen MR) is 67.0 cm³/mol. The second kappa shape index (κ2) is 5.98. The first kappa shape index (κ1) is 14.4. The molecule has 1 aliphatic rings. The third-order valence-electron chi connectivity index (χ3n) is 3.46. The molecule has 0 spiro atoms. The Morgan fingerprint density at radius 1 is 1.30 bits per heavy atom. The standard InChI is InChI=1S/C14H15F2NO3/c15-10-4-5-11(16)9(7-10)8-13(18)17-6-2-1-3-12(17)14(19)20/h4-5,7,12H,1-3,6,8H2,(H,19,20). The van der Waals surface area contributed by atoms with Crippen LogP contribution in [0.25, 0.3) is 0 Å². The number of amides is 1. The monoisotopic (exact) mass is 283 g/mol. The van der Waals surface area contributed by atoms with Gasteiger partial charge in [0.1, 0.15) is 17.7 Å². The average molecular weight is 283 g/mol. The number of carboxylic acids is 1. The SMILES string of the molecule is O=C(O)C1CCCCN1C(=O)Cc1cc(F)ccc1F. The van der Waals surface area contributed by atoms with Gasteiger partial charge in [-0.2, -0.15) is 0 Å². The van der Waals surface area contributed by atoms with Crippen LogP contribution in [0.4, 0.5) is 8.78 Å². The molecule has 0 aliphatic carbocycles. The molecule has 1 saturated heterocycles. The number of nitrogens with zero attached hydrogens (tertiary/aromatic N) is 1. The Bertz CT molecular complexity index is 533. The molecule has 0 aromatic heterocycles. The molecule has 1 N–H and O–H groups in total. The van der Waals surface area contributed by atoms with Gasteiger partial charge in [0, 0.05) is 12.1 Å². The number of piperidine rings is 1. The van der Waals surface area contributed by atoms with Gasteiger partial charge in [0.15, 0.2) is 0 Å². The first-order valence-corrected chi connectivity index (χ1v) is 6.45. The van der Waals surface area contributed by atoms with E-state index in [1.165, 1.54) is 4.90 Å². The van der Waals surface area contributed by atoms with Crippen LogP contribution in [0.5, 0.6) is 0 Å². The first-order chi connectivity index (χ1) is 9.49. The fraction of sp³-hybridized carbons (Fsp3) is 0.429. The lowest BCUT2D eigenvalue weighted by Crippen LogP contribution is -2.48. The van der Waals surface area contributed by atoms with E-state index in [-0.39, 0.29) is 12.0 Å². The van der Waals surface area contributed by atoms with E-state index >= 15 is 0 Å². The lowest BCUT2D eigenvalue weighted by molar-refractivity contribution is -0.151. The largest absolute Gasteiger partial charge is 0.480 e. The summed E-state index contributed by atoms with van der Waals surface area (Å²) in [5, 5.41) is 9.09. The van der Waals surface area contributed by atoms with Crippen LogP contribution in [0.2, 0.25) is 0 Å². The summed E-state index contributed by atoms with van der Waals surface area (Å²) in [6, 6.07) is 2.04. The first-order valence-electron chi connectivity index (χ1n) is 6.45. The van der Waals surface area contributed by atoms with Gasteiger partial charge in [-0.15, -0.1) is 0 Å². The van der Waals surface area contributed by atoms with Crippen molar-refractivity contribution in [3.05, 3.63) is 35.4 Å². The number of carboxylic acid groups (broad SMARTS) is 1. The zero-order chi connectivity index (χ0) is 14.7. The molecular weight excluding hydrogens is 268 g/mol. The van der Waals surface area contributed by atoms with Crippen LogP contribution in [0.3, 0.4) is 0 Å². The summed E-state index contributed by atoms with van der Waals surface area (Å²) in [6.07, 6.45) is 1.54. The minimum absolute atomic E-state index is 0.0512. The van der Waals surface area contributed by atoms with Crippen LogP contribution in [-0.2, 0) is 16.0 Å². The van der Waals surface area contributed by atoms with E-state index in [1.54, 1.807) is 0 Å². The van der Waals surface area contributed by atoms with Gasteiger partial charge in [-0.25, -0.2) is 13.6 Å². The van der Waals surface area contributed by atoms with E-state index in [0.29, 0.717) is 13.0 Å². The molecule has 1 atom stereocenters. The van der Waals surface area contributed by atoms with Crippen LogP contribution < -0.4 is 0 Å². The van der Waals surface area contributed by atoms with Gasteiger partial charge in [0.25, 0.3) is 0 Å². The van der Waals surface area contributed by atoms with Crippen LogP contribution in [-0.4, -0.2) is 34.5 Å². The number of rotatable bonds is 3. The molecule has 1 unspecified atom stereocenters. The third kappa shape index (κ3) is 3.12. The van der Waals surface area contributed by atoms with Gasteiger partial charge in [-0.05, 0) is 37.5 Å². The Morgan fingerprint density at radius 3 is 2.75 bits per heavy atom. The number of likely N-dealkylation sites (tertiary alicyclic amines) is 1. The molecule has 20 heavy (non-hydrogen) atoms. The molecule has 1 amide bonds. The number of aliphatic carboxylic acids is 1. The predicted octanol–water partition coefficient (Wildman–Crippen LogP) is 1.97. The summed E-state index contributed by atoms with van der Waals surface area (Å²) < 4.78 is 26.6. The van der Waals surface area contributed by atoms with E-state index in [4.69, 9.17) is 5.11 Å². The zero-order valence-corrected chi connectivity index (χ0v) is 10.8. The van der Waals surface area contributed by atoms with Crippen molar-refractivity contribution in [1.29, 1.82) is 0 Å². The quantitative estimate of drug-likeness (QED) is 0.922. The minimum Gasteiger partial charge on any atom is -0.480 e. The highest BCUT2D eigenvalue weighted by Gasteiger charge is 2.32. The van der Waals surface area contributed by atoms with Crippen molar-refractivity contribution in [3.8, 4) is 0 Å². The molecule has 108 valence electrons. The second-order valence-electron chi connectivity index (χ2n) is 4.85. The molecular formula is C14H15F2NO3. The highest BCUT2D eigenvalue weighted by molar-refractivity contribution is 5.85. The summed E-state index contributed by atoms with van der Waals surface area (Å²) in [5.41, 5.74) is -0.0512. The number of carbonyl (C=O) groups excluding carboxylic acids is 1. The highest BCUT2D eigenvalue weighted by Crippen LogP contribution is 2.19. The van der Waals surface area contributed by atoms with Crippen molar-refractivity contribution in [3.63, 3.8) is 0 Å². The summed E-state index contributed by atoms with van der Waals surface area (Å²) in [7, 11) is 0. The van der Waals surface area contributed by atoms with Gasteiger partial charge in [-0.1, -0.05) is 0 Å². The lowest BCUT2D eigenvalue weighted by atomic mass is 10.0. The topological polar surface area (TPSA) is 57.6 Å². The molecule has 0 saturated carbocycles. The molecule has 2 rings (SSSR count). The second-order valence-corrected chi connectivity index (χ2v) is 4.85. The van der Waals surface area contributed by atoms with E-state index in [0.717, 1.165) is 31.0 Å². The maximum absolute atomic E-state index is 13.5. The van der Waals surface area contributed by atoms with Gasteiger partial charge in [0.05, 0.1) is 6.42 Å². The van der Waals surface area contributed by atoms with E-state index < -0.39 is 29.6 Å². The normalized spacial score (nSPS) is 18.9. The molecule has 0 radical (unpaired) electrons. The number of hydrogen-bond acceptors (Lipinski definition) is 2. The van der Waals surface area contributed by atoms with Gasteiger partial charge in [-0.3, -0.25) is 4.79 Å². The van der Waals surface area contributed by atoms with Gasteiger partial charge < -0.3 is 10.0 Å². The van der Waals surface area contributed by atoms with Crippen molar-refractivity contribution in [2.45, 2.75) is 31.7 Å². The maximum Gasteiger partial charge on any atom is 0.326 e. The van der Waals surface area contributed by atoms with E-state index in [2.05, 4.69) is 0 Å². The number of halogens is 2. The minimum atomic E-state index is -1.06. The van der Waals surface area contributed by atoms with Crippen molar-refractivity contribution in [1.82, 2.24) is 4.90 Å². The Labute approximate surface area is 115 Å². The van der Waals surface area contributed by atoms with Crippen molar-refractivity contribution in [2.24, 2.45) is 0 Å². The molecule has 1 heterocycles. The molecule has 1 aliphatic heterocycles. The van der Waals surface area contributed by atoms with Crippen LogP contribution in [0.15, 0.2) is 18.2 Å². The van der Waals surface area contributed by atoms with E-state index in [1.807, 2.05) is 0 Å². The van der Waals surface area contributed by atoms with Crippen molar-refractivity contribution < 1.29 is 23.5 Å². The van der Waals surface area contributed by atoms with Crippen LogP contribution in [0.1, 0.15) is 24.8 Å². The van der Waals surface area contributed by atoms with Crippen molar-refractivity contribution >= 4 is 11.9 Å². The van der Waals surface area contributed by atoms with Gasteiger partial charge >= 0.3 is 5.97 Å². The molecule has 0 bridgehead atoms. The highest BCUT2D eigenvalue weighted by atomic mass is 19.1. The van der Waals surface area contributed by atoms with Crippen molar-refractivity contribution in [2.75, 3.05) is 6.54 Å². The van der Waals surface area contributed by atoms with Gasteiger partial charge in [0.2, 0.25) is 5.91 Å². The molecule has 1 aromatic rings. The Kier molecular flexibility index (Phi) is 4.32. The molecule has 1 aromatic carbocycles. The fourth-order valence-electron chi connectivity index (χ4n) is 2.43. The zero-order valence-electron chi connectivity index (χ0n) is 10.8. The molecule has 1 fully saturated rings. The molecule has 6 heteroatoms. The number of hydrogen-bond donors (Lipinski definition) is 1. The number of benzene rings is 1. The maximum atomic E-state index is 13.5. The Morgan fingerprint density at radius 2 is 2.05 bits per heavy atom. The fourth-order valence-corrected chi connectivity index (χ4v) is 2.43. The average Bonchev–Trinajstić information content (AvgIpc) is 2.42. The van der Waals surface area contributed by atoms with Crippen LogP contribution >= 0.6 is 0 Å². The van der Waals surface area contributed by atoms with E-state index in [9.17, 15) is 18.4 Å². The summed E-state index contributed by atoms with van der Waals surface area (Å²) in [4.78, 5) is 24.5. The molecule has 4 nitrogen and oxygen atoms in total. The third-order valence-corrected chi connectivity index (χ3v) is 3.46. The lowest BCUT2D eigenvalue weighted by Gasteiger charge is -2.33. The Hall–Kier alpha value is -1.98. The summed E-state index contributed by atoms with van der Waals surface area (Å²) in [6.45, 7) is 0.340.